The molecule has 4 heteroatoms. The first-order chi connectivity index (χ1) is 10.2. The van der Waals surface area contributed by atoms with E-state index in [-0.39, 0.29) is 16.9 Å². The molecule has 0 radical (unpaired) electrons. The van der Waals surface area contributed by atoms with Crippen molar-refractivity contribution in [1.82, 2.24) is 5.32 Å². The van der Waals surface area contributed by atoms with Gasteiger partial charge in [0.25, 0.3) is 0 Å². The van der Waals surface area contributed by atoms with Crippen molar-refractivity contribution >= 4 is 11.6 Å². The molecule has 0 fully saturated rings. The predicted octanol–water partition coefficient (Wildman–Crippen LogP) is 4.38. The maximum Gasteiger partial charge on any atom is 0.142 e. The van der Waals surface area contributed by atoms with Crippen LogP contribution < -0.4 is 10.1 Å². The summed E-state index contributed by atoms with van der Waals surface area (Å²) in [6.45, 7) is 2.56. The van der Waals surface area contributed by atoms with E-state index in [1.165, 1.54) is 6.07 Å². The molecule has 1 atom stereocenters. The molecule has 0 heterocycles. The lowest BCUT2D eigenvalue weighted by atomic mass is 9.98. The van der Waals surface area contributed by atoms with Crippen LogP contribution in [0.15, 0.2) is 42.5 Å². The number of benzene rings is 2. The highest BCUT2D eigenvalue weighted by Gasteiger charge is 2.17. The van der Waals surface area contributed by atoms with Crippen molar-refractivity contribution in [2.75, 3.05) is 13.7 Å². The van der Waals surface area contributed by atoms with Crippen LogP contribution in [0.3, 0.4) is 0 Å². The zero-order valence-corrected chi connectivity index (χ0v) is 13.0. The summed E-state index contributed by atoms with van der Waals surface area (Å²) in [7, 11) is 1.88. The van der Waals surface area contributed by atoms with E-state index in [2.05, 4.69) is 5.32 Å². The van der Waals surface area contributed by atoms with Gasteiger partial charge in [0.2, 0.25) is 0 Å². The van der Waals surface area contributed by atoms with Gasteiger partial charge in [0.15, 0.2) is 0 Å². The summed E-state index contributed by atoms with van der Waals surface area (Å²) in [6.07, 6.45) is 0.594. The first kappa shape index (κ1) is 15.8. The van der Waals surface area contributed by atoms with Gasteiger partial charge in [0.05, 0.1) is 11.6 Å². The summed E-state index contributed by atoms with van der Waals surface area (Å²) in [5, 5.41) is 3.44. The van der Waals surface area contributed by atoms with E-state index in [4.69, 9.17) is 16.3 Å². The van der Waals surface area contributed by atoms with E-state index >= 15 is 0 Å². The van der Waals surface area contributed by atoms with Crippen LogP contribution in [0.25, 0.3) is 0 Å². The third-order valence-corrected chi connectivity index (χ3v) is 3.82. The van der Waals surface area contributed by atoms with Crippen LogP contribution in [0.5, 0.6) is 5.75 Å². The molecule has 2 rings (SSSR count). The Morgan fingerprint density at radius 1 is 1.19 bits per heavy atom. The molecule has 0 aliphatic rings. The highest BCUT2D eigenvalue weighted by Crippen LogP contribution is 2.30. The van der Waals surface area contributed by atoms with Crippen molar-refractivity contribution in [3.63, 3.8) is 0 Å². The SMILES string of the molecule is CCOc1ccccc1C(Cc1cccc(F)c1Cl)NC. The van der Waals surface area contributed by atoms with Crippen LogP contribution in [0.2, 0.25) is 5.02 Å². The second-order valence-electron chi connectivity index (χ2n) is 4.73. The van der Waals surface area contributed by atoms with Crippen molar-refractivity contribution < 1.29 is 9.13 Å². The Morgan fingerprint density at radius 3 is 2.67 bits per heavy atom. The molecule has 0 amide bonds. The lowest BCUT2D eigenvalue weighted by Gasteiger charge is -2.20. The lowest BCUT2D eigenvalue weighted by Crippen LogP contribution is -2.20. The summed E-state index contributed by atoms with van der Waals surface area (Å²) in [5.41, 5.74) is 1.82. The molecule has 0 bridgehead atoms. The summed E-state index contributed by atoms with van der Waals surface area (Å²) in [6, 6.07) is 12.8. The van der Waals surface area contributed by atoms with Gasteiger partial charge in [-0.25, -0.2) is 4.39 Å². The Morgan fingerprint density at radius 2 is 1.95 bits per heavy atom. The monoisotopic (exact) mass is 307 g/mol. The highest BCUT2D eigenvalue weighted by atomic mass is 35.5. The third kappa shape index (κ3) is 3.74. The number of halogens is 2. The molecular formula is C17H19ClFNO. The minimum Gasteiger partial charge on any atom is -0.494 e. The molecule has 21 heavy (non-hydrogen) atoms. The molecule has 0 aliphatic carbocycles. The number of hydrogen-bond acceptors (Lipinski definition) is 2. The van der Waals surface area contributed by atoms with Crippen molar-refractivity contribution in [1.29, 1.82) is 0 Å². The molecular weight excluding hydrogens is 289 g/mol. The van der Waals surface area contributed by atoms with Crippen LogP contribution in [0.4, 0.5) is 4.39 Å². The highest BCUT2D eigenvalue weighted by molar-refractivity contribution is 6.31. The number of rotatable bonds is 6. The molecule has 2 aromatic carbocycles. The molecule has 2 aromatic rings. The van der Waals surface area contributed by atoms with Crippen LogP contribution in [0, 0.1) is 5.82 Å². The van der Waals surface area contributed by atoms with Crippen LogP contribution in [0.1, 0.15) is 24.1 Å². The van der Waals surface area contributed by atoms with E-state index in [0.717, 1.165) is 16.9 Å². The molecule has 0 saturated heterocycles. The number of likely N-dealkylation sites (N-methyl/N-ethyl adjacent to an activating group) is 1. The Hall–Kier alpha value is -1.58. The van der Waals surface area contributed by atoms with Gasteiger partial charge in [-0.3, -0.25) is 0 Å². The topological polar surface area (TPSA) is 21.3 Å². The van der Waals surface area contributed by atoms with Crippen LogP contribution in [-0.2, 0) is 6.42 Å². The van der Waals surface area contributed by atoms with Crippen molar-refractivity contribution in [3.05, 3.63) is 64.4 Å². The zero-order chi connectivity index (χ0) is 15.2. The van der Waals surface area contributed by atoms with Gasteiger partial charge in [0, 0.05) is 11.6 Å². The predicted molar refractivity (Wildman–Crippen MR) is 84.5 cm³/mol. The maximum absolute atomic E-state index is 13.6. The lowest BCUT2D eigenvalue weighted by molar-refractivity contribution is 0.332. The van der Waals surface area contributed by atoms with Gasteiger partial charge in [-0.05, 0) is 38.1 Å². The van der Waals surface area contributed by atoms with Crippen molar-refractivity contribution in [2.24, 2.45) is 0 Å². The van der Waals surface area contributed by atoms with E-state index in [9.17, 15) is 4.39 Å². The fraction of sp³-hybridized carbons (Fsp3) is 0.294. The molecule has 1 unspecified atom stereocenters. The van der Waals surface area contributed by atoms with E-state index in [0.29, 0.717) is 13.0 Å². The Labute approximate surface area is 129 Å². The van der Waals surface area contributed by atoms with Crippen molar-refractivity contribution in [3.8, 4) is 5.75 Å². The fourth-order valence-electron chi connectivity index (χ4n) is 2.35. The Balaban J connectivity index is 2.30. The zero-order valence-electron chi connectivity index (χ0n) is 12.2. The number of ether oxygens (including phenoxy) is 1. The van der Waals surface area contributed by atoms with E-state index in [1.54, 1.807) is 6.07 Å². The first-order valence-corrected chi connectivity index (χ1v) is 7.37. The number of hydrogen-bond donors (Lipinski definition) is 1. The maximum atomic E-state index is 13.6. The standard InChI is InChI=1S/C17H19ClFNO/c1-3-21-16-10-5-4-8-13(16)15(20-2)11-12-7-6-9-14(19)17(12)18/h4-10,15,20H,3,11H2,1-2H3. The third-order valence-electron chi connectivity index (χ3n) is 3.40. The number of para-hydroxylation sites is 1. The minimum atomic E-state index is -0.387. The van der Waals surface area contributed by atoms with Gasteiger partial charge < -0.3 is 10.1 Å². The van der Waals surface area contributed by atoms with Gasteiger partial charge in [-0.2, -0.15) is 0 Å². The Kier molecular flexibility index (Phi) is 5.59. The average molecular weight is 308 g/mol. The summed E-state index contributed by atoms with van der Waals surface area (Å²) < 4.78 is 19.2. The number of nitrogens with one attached hydrogen (secondary N) is 1. The summed E-state index contributed by atoms with van der Waals surface area (Å²) >= 11 is 6.05. The van der Waals surface area contributed by atoms with E-state index < -0.39 is 0 Å². The largest absolute Gasteiger partial charge is 0.494 e. The van der Waals surface area contributed by atoms with Gasteiger partial charge in [0.1, 0.15) is 11.6 Å². The summed E-state index contributed by atoms with van der Waals surface area (Å²) in [4.78, 5) is 0. The summed E-state index contributed by atoms with van der Waals surface area (Å²) in [5.74, 6) is 0.453. The normalized spacial score (nSPS) is 12.2. The van der Waals surface area contributed by atoms with Gasteiger partial charge in [-0.15, -0.1) is 0 Å². The van der Waals surface area contributed by atoms with Crippen molar-refractivity contribution in [2.45, 2.75) is 19.4 Å². The molecule has 1 N–H and O–H groups in total. The molecule has 0 aliphatic heterocycles. The first-order valence-electron chi connectivity index (χ1n) is 6.99. The second-order valence-corrected chi connectivity index (χ2v) is 5.11. The fourth-order valence-corrected chi connectivity index (χ4v) is 2.55. The van der Waals surface area contributed by atoms with Gasteiger partial charge in [-0.1, -0.05) is 41.9 Å². The van der Waals surface area contributed by atoms with Gasteiger partial charge >= 0.3 is 0 Å². The molecule has 0 spiro atoms. The van der Waals surface area contributed by atoms with E-state index in [1.807, 2.05) is 44.3 Å². The minimum absolute atomic E-state index is 0.00653. The molecule has 2 nitrogen and oxygen atoms in total. The molecule has 0 saturated carbocycles. The second kappa shape index (κ2) is 7.43. The molecule has 112 valence electrons. The quantitative estimate of drug-likeness (QED) is 0.855. The van der Waals surface area contributed by atoms with Crippen LogP contribution in [-0.4, -0.2) is 13.7 Å². The molecule has 0 aromatic heterocycles. The Bertz CT molecular complexity index is 603. The smallest absolute Gasteiger partial charge is 0.142 e. The average Bonchev–Trinajstić information content (AvgIpc) is 2.50. The van der Waals surface area contributed by atoms with Crippen LogP contribution >= 0.6 is 11.6 Å².